The SMILES string of the molecule is Nc1nc2c(ncn2[C@@H]2O[C@@H]3COP(O)(=S)O[C@H]4[C@H](F)[C@H](n5nnc6c5N=CCC6=O)O[C@@H]4COP(=O)(S)O[C@@H]2[C@@H]3F)c(=O)[nH]1. The normalized spacial score (nSPS) is 38.8. The van der Waals surface area contributed by atoms with Gasteiger partial charge in [0.1, 0.15) is 24.4 Å². The number of hydrogen-bond donors (Lipinski definition) is 4. The fourth-order valence-electron chi connectivity index (χ4n) is 5.22. The lowest BCUT2D eigenvalue weighted by atomic mass is 10.1. The van der Waals surface area contributed by atoms with Crippen LogP contribution >= 0.6 is 25.8 Å². The number of rotatable bonds is 2. The number of fused-ring (bicyclic) bond motifs is 5. The second-order valence-corrected chi connectivity index (χ2v) is 15.8. The van der Waals surface area contributed by atoms with Gasteiger partial charge in [-0.25, -0.2) is 23.3 Å². The number of H-pyrrole nitrogens is 1. The van der Waals surface area contributed by atoms with E-state index in [-0.39, 0.29) is 35.0 Å². The number of carbonyl (C=O) groups excluding carboxylic acids is 1. The number of halogens is 2. The fourth-order valence-corrected chi connectivity index (χ4v) is 8.11. The number of nitrogens with two attached hydrogens (primary N) is 1. The smallest absolute Gasteiger partial charge is 0.369 e. The van der Waals surface area contributed by atoms with Gasteiger partial charge in [-0.2, -0.15) is 9.67 Å². The van der Waals surface area contributed by atoms with Crippen molar-refractivity contribution in [3.05, 3.63) is 22.4 Å². The van der Waals surface area contributed by atoms with Crippen molar-refractivity contribution in [2.24, 2.45) is 4.99 Å². The minimum absolute atomic E-state index is 0.0211. The van der Waals surface area contributed by atoms with Crippen LogP contribution in [0, 0.1) is 0 Å². The Labute approximate surface area is 259 Å². The Morgan fingerprint density at radius 3 is 2.67 bits per heavy atom. The molecule has 0 spiro atoms. The number of carbonyl (C=O) groups is 1. The Hall–Kier alpha value is -2.56. The number of ether oxygens (including phenoxy) is 2. The zero-order chi connectivity index (χ0) is 31.8. The number of ketones is 1. The molecule has 19 nitrogen and oxygen atoms in total. The van der Waals surface area contributed by atoms with E-state index in [1.165, 1.54) is 6.21 Å². The number of thiol groups is 1. The van der Waals surface area contributed by atoms with Gasteiger partial charge >= 0.3 is 13.5 Å². The van der Waals surface area contributed by atoms with Crippen molar-refractivity contribution in [1.82, 2.24) is 34.5 Å². The molecule has 3 aromatic rings. The van der Waals surface area contributed by atoms with Gasteiger partial charge in [0.25, 0.3) is 5.56 Å². The third kappa shape index (κ3) is 5.58. The Morgan fingerprint density at radius 2 is 1.87 bits per heavy atom. The topological polar surface area (TPSA) is 242 Å². The first-order chi connectivity index (χ1) is 21.3. The molecule has 25 heteroatoms. The molecule has 7 heterocycles. The van der Waals surface area contributed by atoms with Crippen molar-refractivity contribution in [3.63, 3.8) is 0 Å². The molecular formula is C20H21F2N9O10P2S2. The maximum atomic E-state index is 15.9. The Bertz CT molecular complexity index is 1880. The summed E-state index contributed by atoms with van der Waals surface area (Å²) < 4.78 is 80.5. The van der Waals surface area contributed by atoms with Gasteiger partial charge in [-0.1, -0.05) is 17.5 Å². The van der Waals surface area contributed by atoms with Crippen LogP contribution < -0.4 is 11.3 Å². The monoisotopic (exact) mass is 711 g/mol. The van der Waals surface area contributed by atoms with Crippen LogP contribution in [0.4, 0.5) is 20.5 Å². The van der Waals surface area contributed by atoms with Crippen LogP contribution in [0.3, 0.4) is 0 Å². The highest BCUT2D eigenvalue weighted by atomic mass is 32.7. The summed E-state index contributed by atoms with van der Waals surface area (Å²) in [6.45, 7) is -10.4. The summed E-state index contributed by atoms with van der Waals surface area (Å²) in [5.41, 5.74) is 4.60. The maximum Gasteiger partial charge on any atom is 0.386 e. The number of aromatic amines is 1. The first kappa shape index (κ1) is 31.1. The lowest BCUT2D eigenvalue weighted by Crippen LogP contribution is -2.34. The molecule has 0 aromatic carbocycles. The molecular weight excluding hydrogens is 690 g/mol. The molecule has 0 saturated carbocycles. The number of nitrogen functional groups attached to an aromatic ring is 1. The summed E-state index contributed by atoms with van der Waals surface area (Å²) in [6, 6.07) is 0. The van der Waals surface area contributed by atoms with E-state index in [2.05, 4.69) is 42.5 Å². The molecule has 2 bridgehead atoms. The van der Waals surface area contributed by atoms with Gasteiger partial charge in [-0.05, 0) is 11.8 Å². The van der Waals surface area contributed by atoms with Crippen molar-refractivity contribution in [1.29, 1.82) is 0 Å². The van der Waals surface area contributed by atoms with E-state index in [1.807, 2.05) is 0 Å². The number of Topliss-reactive ketones (excluding diaryl/α,β-unsaturated/α-hetero) is 1. The van der Waals surface area contributed by atoms with Crippen LogP contribution in [0.15, 0.2) is 16.1 Å². The summed E-state index contributed by atoms with van der Waals surface area (Å²) in [6.07, 6.45) is -11.4. The number of imidazole rings is 1. The second kappa shape index (κ2) is 11.3. The lowest BCUT2D eigenvalue weighted by molar-refractivity contribution is -0.0600. The molecule has 45 heavy (non-hydrogen) atoms. The summed E-state index contributed by atoms with van der Waals surface area (Å²) in [5.74, 6) is -0.744. The van der Waals surface area contributed by atoms with Crippen molar-refractivity contribution in [3.8, 4) is 0 Å². The van der Waals surface area contributed by atoms with E-state index in [0.29, 0.717) is 0 Å². The number of alkyl halides is 2. The van der Waals surface area contributed by atoms with Crippen molar-refractivity contribution in [2.45, 2.75) is 55.6 Å². The molecule has 0 aliphatic carbocycles. The number of nitrogens with one attached hydrogen (secondary N) is 1. The van der Waals surface area contributed by atoms with E-state index in [1.54, 1.807) is 0 Å². The van der Waals surface area contributed by atoms with Crippen molar-refractivity contribution in [2.75, 3.05) is 18.9 Å². The summed E-state index contributed by atoms with van der Waals surface area (Å²) >= 11 is 9.06. The van der Waals surface area contributed by atoms with Crippen LogP contribution in [0.5, 0.6) is 0 Å². The Kier molecular flexibility index (Phi) is 7.80. The Morgan fingerprint density at radius 1 is 1.11 bits per heavy atom. The summed E-state index contributed by atoms with van der Waals surface area (Å²) in [7, 11) is 0. The molecule has 0 amide bonds. The third-order valence-electron chi connectivity index (χ3n) is 7.24. The van der Waals surface area contributed by atoms with Crippen LogP contribution in [0.1, 0.15) is 29.4 Å². The number of hydrogen-bond acceptors (Lipinski definition) is 16. The number of nitrogens with zero attached hydrogens (tertiary/aromatic N) is 7. The molecule has 0 radical (unpaired) electrons. The van der Waals surface area contributed by atoms with E-state index in [4.69, 9.17) is 45.1 Å². The predicted octanol–water partition coefficient (Wildman–Crippen LogP) is 0.825. The highest BCUT2D eigenvalue weighted by Gasteiger charge is 2.54. The van der Waals surface area contributed by atoms with Gasteiger partial charge in [0.15, 0.2) is 53.3 Å². The van der Waals surface area contributed by atoms with Gasteiger partial charge in [-0.3, -0.25) is 32.7 Å². The molecule has 4 aliphatic rings. The van der Waals surface area contributed by atoms with Crippen LogP contribution in [-0.2, 0) is 43.9 Å². The average molecular weight is 712 g/mol. The number of aromatic nitrogens is 7. The quantitative estimate of drug-likeness (QED) is 0.212. The molecule has 3 aromatic heterocycles. The van der Waals surface area contributed by atoms with Gasteiger partial charge in [0.2, 0.25) is 5.95 Å². The van der Waals surface area contributed by atoms with Crippen LogP contribution in [-0.4, -0.2) is 101 Å². The summed E-state index contributed by atoms with van der Waals surface area (Å²) in [5, 5.41) is 7.55. The van der Waals surface area contributed by atoms with E-state index >= 15 is 8.78 Å². The van der Waals surface area contributed by atoms with Gasteiger partial charge < -0.3 is 24.6 Å². The van der Waals surface area contributed by atoms with E-state index in [0.717, 1.165) is 15.6 Å². The zero-order valence-electron chi connectivity index (χ0n) is 22.2. The first-order valence-corrected chi connectivity index (χ1v) is 18.2. The van der Waals surface area contributed by atoms with Crippen molar-refractivity contribution < 1.29 is 50.6 Å². The van der Waals surface area contributed by atoms with Crippen LogP contribution in [0.2, 0.25) is 0 Å². The molecule has 3 saturated heterocycles. The second-order valence-electron chi connectivity index (χ2n) is 10.1. The highest BCUT2D eigenvalue weighted by Crippen LogP contribution is 2.59. The molecule has 2 unspecified atom stereocenters. The Balaban J connectivity index is 1.20. The largest absolute Gasteiger partial charge is 0.386 e. The van der Waals surface area contributed by atoms with E-state index in [9.17, 15) is 19.0 Å². The predicted molar refractivity (Wildman–Crippen MR) is 152 cm³/mol. The standard InChI is InChI=1S/C20H21F2N9O10P2S2/c21-9-7-3-36-42(34,44)40-13-8(39-18(10(13)22)31-15-11(28-29-31)6(32)1-2-24-15)4-37-43(35,45)41-14(9)19(38-7)30-5-25-12-16(30)26-20(23)27-17(12)33/h2,5,7-10,13-14,18-19H,1,3-4H2,(H,34,44)(H,35,45)(H3,23,26,27,33)/t7-,8-,9-,10+,13-,14-,18-,19-,42?,43?/m1/s1. The molecule has 242 valence electrons. The van der Waals surface area contributed by atoms with Crippen LogP contribution in [0.25, 0.3) is 11.2 Å². The van der Waals surface area contributed by atoms with Crippen molar-refractivity contribution >= 4 is 72.5 Å². The zero-order valence-corrected chi connectivity index (χ0v) is 25.7. The maximum absolute atomic E-state index is 15.9. The number of aliphatic imine (C=N–C) groups is 1. The van der Waals surface area contributed by atoms with E-state index < -0.39 is 87.3 Å². The third-order valence-corrected chi connectivity index (χ3v) is 10.4. The highest BCUT2D eigenvalue weighted by molar-refractivity contribution is 8.44. The first-order valence-electron chi connectivity index (χ1n) is 13.0. The molecule has 4 N–H and O–H groups in total. The van der Waals surface area contributed by atoms with Gasteiger partial charge in [-0.15, -0.1) is 5.10 Å². The van der Waals surface area contributed by atoms with Gasteiger partial charge in [0.05, 0.1) is 19.5 Å². The lowest BCUT2D eigenvalue weighted by Gasteiger charge is -2.26. The minimum Gasteiger partial charge on any atom is -0.369 e. The molecule has 7 rings (SSSR count). The molecule has 10 atom stereocenters. The van der Waals surface area contributed by atoms with Gasteiger partial charge in [0, 0.05) is 12.6 Å². The minimum atomic E-state index is -4.52. The average Bonchev–Trinajstić information content (AvgIpc) is 3.72. The molecule has 4 aliphatic heterocycles. The number of anilines is 1. The molecule has 3 fully saturated rings. The fraction of sp³-hybridized carbons (Fsp3) is 0.550. The summed E-state index contributed by atoms with van der Waals surface area (Å²) in [4.78, 5) is 49.6.